The SMILES string of the molecule is COc1cc(C=CC(=O)O[C@@H]2C[C@]3(C)[C@H]4CC=C5C6[C@@H](C)[C@H](C)CC[C@]6(C(=O)O)CC[C@@]5(C)[C@]4(C)CC[C@H]3C(C)(C)[C@H]2O)ccc1O. The Hall–Kier alpha value is -2.80. The first-order valence-electron chi connectivity index (χ1n) is 17.8. The van der Waals surface area contributed by atoms with Gasteiger partial charge in [0.2, 0.25) is 0 Å². The summed E-state index contributed by atoms with van der Waals surface area (Å²) in [5.41, 5.74) is 0.618. The van der Waals surface area contributed by atoms with Gasteiger partial charge in [-0.2, -0.15) is 0 Å². The van der Waals surface area contributed by atoms with Crippen molar-refractivity contribution < 1.29 is 34.4 Å². The zero-order valence-electron chi connectivity index (χ0n) is 29.6. The topological polar surface area (TPSA) is 113 Å². The number of allylic oxidation sites excluding steroid dienone is 2. The number of aliphatic hydroxyl groups is 1. The molecule has 4 saturated carbocycles. The molecule has 5 aliphatic carbocycles. The fourth-order valence-electron chi connectivity index (χ4n) is 12.2. The minimum atomic E-state index is -0.795. The highest BCUT2D eigenvalue weighted by Crippen LogP contribution is 2.75. The molecule has 0 spiro atoms. The number of aromatic hydroxyl groups is 1. The summed E-state index contributed by atoms with van der Waals surface area (Å²) in [5, 5.41) is 32.4. The second kappa shape index (κ2) is 11.4. The first kappa shape index (κ1) is 34.1. The number of hydrogen-bond acceptors (Lipinski definition) is 6. The lowest BCUT2D eigenvalue weighted by Crippen LogP contribution is -2.67. The molecule has 0 amide bonds. The number of carboxylic acid groups (broad SMARTS) is 1. The van der Waals surface area contributed by atoms with Crippen molar-refractivity contribution in [1.29, 1.82) is 0 Å². The van der Waals surface area contributed by atoms with Crippen LogP contribution in [0.5, 0.6) is 11.5 Å². The zero-order valence-corrected chi connectivity index (χ0v) is 29.6. The summed E-state index contributed by atoms with van der Waals surface area (Å²) in [5.74, 6) is 0.670. The zero-order chi connectivity index (χ0) is 34.3. The maximum atomic E-state index is 13.2. The summed E-state index contributed by atoms with van der Waals surface area (Å²) in [6.07, 6.45) is 10.9. The number of rotatable bonds is 5. The Morgan fingerprint density at radius 1 is 0.979 bits per heavy atom. The molecule has 0 aromatic heterocycles. The summed E-state index contributed by atoms with van der Waals surface area (Å²) in [4.78, 5) is 26.3. The van der Waals surface area contributed by atoms with E-state index in [0.29, 0.717) is 35.5 Å². The number of carboxylic acids is 1. The molecule has 7 nitrogen and oxygen atoms in total. The van der Waals surface area contributed by atoms with Crippen LogP contribution in [0.3, 0.4) is 0 Å². The van der Waals surface area contributed by atoms with Crippen LogP contribution < -0.4 is 4.74 Å². The van der Waals surface area contributed by atoms with Crippen molar-refractivity contribution in [3.05, 3.63) is 41.5 Å². The molecule has 0 heterocycles. The molecule has 5 aliphatic rings. The van der Waals surface area contributed by atoms with Crippen LogP contribution in [-0.2, 0) is 14.3 Å². The van der Waals surface area contributed by atoms with E-state index < -0.39 is 35.0 Å². The van der Waals surface area contributed by atoms with E-state index in [1.54, 1.807) is 18.2 Å². The average molecular weight is 649 g/mol. The van der Waals surface area contributed by atoms with Gasteiger partial charge in [0, 0.05) is 6.08 Å². The van der Waals surface area contributed by atoms with Gasteiger partial charge in [-0.05, 0) is 126 Å². The van der Waals surface area contributed by atoms with Crippen molar-refractivity contribution in [3.8, 4) is 11.5 Å². The fourth-order valence-corrected chi connectivity index (χ4v) is 12.2. The number of esters is 1. The van der Waals surface area contributed by atoms with Crippen molar-refractivity contribution in [3.63, 3.8) is 0 Å². The van der Waals surface area contributed by atoms with Crippen LogP contribution in [0.15, 0.2) is 35.9 Å². The number of fused-ring (bicyclic) bond motifs is 7. The number of benzene rings is 1. The van der Waals surface area contributed by atoms with Crippen LogP contribution in [0.2, 0.25) is 0 Å². The summed E-state index contributed by atoms with van der Waals surface area (Å²) in [6.45, 7) is 16.2. The van der Waals surface area contributed by atoms with Crippen molar-refractivity contribution in [2.75, 3.05) is 7.11 Å². The molecule has 1 unspecified atom stereocenters. The molecule has 0 aliphatic heterocycles. The molecule has 0 saturated heterocycles. The molecule has 11 atom stereocenters. The summed E-state index contributed by atoms with van der Waals surface area (Å²) in [7, 11) is 1.48. The van der Waals surface area contributed by atoms with Crippen molar-refractivity contribution in [1.82, 2.24) is 0 Å². The van der Waals surface area contributed by atoms with E-state index in [2.05, 4.69) is 54.5 Å². The molecule has 0 bridgehead atoms. The minimum absolute atomic E-state index is 0.0258. The second-order valence-corrected chi connectivity index (χ2v) is 17.3. The normalized spacial score (nSPS) is 43.9. The van der Waals surface area contributed by atoms with E-state index in [1.807, 2.05) is 0 Å². The molecule has 7 heteroatoms. The highest BCUT2D eigenvalue weighted by molar-refractivity contribution is 5.87. The lowest BCUT2D eigenvalue weighted by Gasteiger charge is -2.71. The van der Waals surface area contributed by atoms with Gasteiger partial charge in [-0.1, -0.05) is 66.2 Å². The molecular weight excluding hydrogens is 592 g/mol. The third-order valence-electron chi connectivity index (χ3n) is 15.2. The van der Waals surface area contributed by atoms with E-state index in [1.165, 1.54) is 24.8 Å². The molecule has 4 fully saturated rings. The Bertz CT molecular complexity index is 1490. The van der Waals surface area contributed by atoms with Gasteiger partial charge in [-0.25, -0.2) is 4.79 Å². The number of aliphatic hydroxyl groups excluding tert-OH is 1. The highest BCUT2D eigenvalue weighted by Gasteiger charge is 2.70. The van der Waals surface area contributed by atoms with Gasteiger partial charge in [0.25, 0.3) is 0 Å². The molecule has 3 N–H and O–H groups in total. The van der Waals surface area contributed by atoms with E-state index in [0.717, 1.165) is 44.9 Å². The molecule has 258 valence electrons. The molecule has 1 aromatic carbocycles. The van der Waals surface area contributed by atoms with Gasteiger partial charge in [-0.15, -0.1) is 0 Å². The first-order valence-corrected chi connectivity index (χ1v) is 17.8. The van der Waals surface area contributed by atoms with E-state index in [9.17, 15) is 24.9 Å². The number of aliphatic carboxylic acids is 1. The van der Waals surface area contributed by atoms with Gasteiger partial charge in [0.15, 0.2) is 11.5 Å². The molecular formula is C40H56O7. The summed E-state index contributed by atoms with van der Waals surface area (Å²) in [6, 6.07) is 4.87. The van der Waals surface area contributed by atoms with E-state index in [4.69, 9.17) is 9.47 Å². The quantitative estimate of drug-likeness (QED) is 0.168. The molecule has 0 radical (unpaired) electrons. The Labute approximate surface area is 280 Å². The van der Waals surface area contributed by atoms with Gasteiger partial charge < -0.3 is 24.8 Å². The van der Waals surface area contributed by atoms with Crippen molar-refractivity contribution >= 4 is 18.0 Å². The van der Waals surface area contributed by atoms with Crippen LogP contribution in [0.25, 0.3) is 6.08 Å². The first-order chi connectivity index (χ1) is 22.0. The number of carbonyl (C=O) groups is 2. The van der Waals surface area contributed by atoms with Crippen LogP contribution in [0.4, 0.5) is 0 Å². The molecule has 1 aromatic rings. The third kappa shape index (κ3) is 4.83. The lowest BCUT2D eigenvalue weighted by molar-refractivity contribution is -0.237. The van der Waals surface area contributed by atoms with Gasteiger partial charge in [0.05, 0.1) is 18.6 Å². The number of hydrogen-bond donors (Lipinski definition) is 3. The van der Waals surface area contributed by atoms with Gasteiger partial charge in [0.1, 0.15) is 6.10 Å². The van der Waals surface area contributed by atoms with Gasteiger partial charge in [-0.3, -0.25) is 4.79 Å². The van der Waals surface area contributed by atoms with Crippen LogP contribution in [-0.4, -0.2) is 46.6 Å². The minimum Gasteiger partial charge on any atom is -0.504 e. The van der Waals surface area contributed by atoms with Crippen molar-refractivity contribution in [2.45, 2.75) is 112 Å². The number of phenols is 1. The Kier molecular flexibility index (Phi) is 8.26. The number of methoxy groups -OCH3 is 1. The lowest BCUT2D eigenvalue weighted by atomic mass is 9.33. The standard InChI is InChI=1S/C40H56O7/c1-23-15-18-40(35(44)45)20-19-38(6)26(33(40)24(23)2)11-13-31-37(5)22-29(34(43)36(3,4)30(37)16-17-39(31,38)7)47-32(42)14-10-25-9-12-27(41)28(21-25)46-8/h9-12,14,21,23-24,29-31,33-34,41,43H,13,15-20,22H2,1-8H3,(H,44,45)/t23-,24+,29-,30+,31-,33?,34+,37+,38-,39-,40+/m1/s1. The molecule has 6 rings (SSSR count). The van der Waals surface area contributed by atoms with Crippen LogP contribution >= 0.6 is 0 Å². The number of carbonyl (C=O) groups excluding carboxylic acids is 1. The van der Waals surface area contributed by atoms with E-state index >= 15 is 0 Å². The van der Waals surface area contributed by atoms with Crippen LogP contribution in [0, 0.1) is 56.7 Å². The number of ether oxygens (including phenoxy) is 2. The maximum absolute atomic E-state index is 13.2. The molecule has 47 heavy (non-hydrogen) atoms. The highest BCUT2D eigenvalue weighted by atomic mass is 16.6. The summed E-state index contributed by atoms with van der Waals surface area (Å²) >= 11 is 0. The largest absolute Gasteiger partial charge is 0.504 e. The average Bonchev–Trinajstić information content (AvgIpc) is 3.01. The predicted molar refractivity (Wildman–Crippen MR) is 182 cm³/mol. The smallest absolute Gasteiger partial charge is 0.331 e. The van der Waals surface area contributed by atoms with Crippen molar-refractivity contribution in [2.24, 2.45) is 56.7 Å². The second-order valence-electron chi connectivity index (χ2n) is 17.3. The summed E-state index contributed by atoms with van der Waals surface area (Å²) < 4.78 is 11.3. The number of phenolic OH excluding ortho intramolecular Hbond substituents is 1. The monoisotopic (exact) mass is 648 g/mol. The Morgan fingerprint density at radius 3 is 2.38 bits per heavy atom. The maximum Gasteiger partial charge on any atom is 0.331 e. The fraction of sp³-hybridized carbons (Fsp3) is 0.700. The third-order valence-corrected chi connectivity index (χ3v) is 15.2. The van der Waals surface area contributed by atoms with E-state index in [-0.39, 0.29) is 33.8 Å². The Morgan fingerprint density at radius 2 is 1.70 bits per heavy atom. The Balaban J connectivity index is 1.32. The van der Waals surface area contributed by atoms with Crippen LogP contribution in [0.1, 0.15) is 105 Å². The predicted octanol–water partition coefficient (Wildman–Crippen LogP) is 8.04. The van der Waals surface area contributed by atoms with Gasteiger partial charge >= 0.3 is 11.9 Å².